The number of non-ortho nitro benzene ring substituents is 1. The lowest BCUT2D eigenvalue weighted by atomic mass is 10.2. The van der Waals surface area contributed by atoms with Crippen molar-refractivity contribution in [1.29, 1.82) is 0 Å². The Morgan fingerprint density at radius 2 is 1.85 bits per heavy atom. The number of para-hydroxylation sites is 1. The van der Waals surface area contributed by atoms with Gasteiger partial charge in [-0.3, -0.25) is 19.5 Å². The van der Waals surface area contributed by atoms with Crippen molar-refractivity contribution < 1.29 is 9.72 Å². The zero-order valence-corrected chi connectivity index (χ0v) is 19.1. The maximum atomic E-state index is 12.3. The van der Waals surface area contributed by atoms with E-state index in [-0.39, 0.29) is 17.3 Å². The van der Waals surface area contributed by atoms with Crippen LogP contribution in [0.15, 0.2) is 89.1 Å². The van der Waals surface area contributed by atoms with Crippen LogP contribution in [0.4, 0.5) is 5.69 Å². The van der Waals surface area contributed by atoms with Crippen molar-refractivity contribution in [2.45, 2.75) is 5.16 Å². The van der Waals surface area contributed by atoms with Gasteiger partial charge in [-0.2, -0.15) is 5.10 Å². The zero-order chi connectivity index (χ0) is 23.9. The van der Waals surface area contributed by atoms with Crippen molar-refractivity contribution in [3.8, 4) is 17.1 Å². The monoisotopic (exact) mass is 492 g/mol. The molecule has 0 aliphatic heterocycles. The van der Waals surface area contributed by atoms with Crippen LogP contribution in [0, 0.1) is 10.1 Å². The minimum Gasteiger partial charge on any atom is -0.272 e. The number of hydrogen-bond acceptors (Lipinski definition) is 7. The van der Waals surface area contributed by atoms with Crippen LogP contribution in [0.2, 0.25) is 5.02 Å². The van der Waals surface area contributed by atoms with Gasteiger partial charge in [0.1, 0.15) is 0 Å². The zero-order valence-electron chi connectivity index (χ0n) is 17.5. The first-order chi connectivity index (χ1) is 16.5. The third-order valence-corrected chi connectivity index (χ3v) is 5.75. The van der Waals surface area contributed by atoms with E-state index in [9.17, 15) is 14.9 Å². The quantitative estimate of drug-likeness (QED) is 0.164. The Morgan fingerprint density at radius 1 is 1.09 bits per heavy atom. The number of carbonyl (C=O) groups excluding carboxylic acids is 1. The summed E-state index contributed by atoms with van der Waals surface area (Å²) in [6.45, 7) is 0. The number of nitro groups is 1. The summed E-state index contributed by atoms with van der Waals surface area (Å²) in [6.07, 6.45) is 1.35. The summed E-state index contributed by atoms with van der Waals surface area (Å²) in [4.78, 5) is 22.7. The highest BCUT2D eigenvalue weighted by molar-refractivity contribution is 7.99. The number of hydrogen-bond donors (Lipinski definition) is 1. The van der Waals surface area contributed by atoms with Gasteiger partial charge >= 0.3 is 0 Å². The molecule has 0 aliphatic carbocycles. The number of nitrogens with zero attached hydrogens (tertiary/aromatic N) is 5. The molecule has 3 aromatic carbocycles. The van der Waals surface area contributed by atoms with E-state index in [2.05, 4.69) is 20.7 Å². The first-order valence-electron chi connectivity index (χ1n) is 9.97. The van der Waals surface area contributed by atoms with E-state index < -0.39 is 4.92 Å². The summed E-state index contributed by atoms with van der Waals surface area (Å²) in [5.74, 6) is 0.300. The minimum atomic E-state index is -0.492. The van der Waals surface area contributed by atoms with Gasteiger partial charge in [-0.15, -0.1) is 10.2 Å². The van der Waals surface area contributed by atoms with Crippen molar-refractivity contribution in [3.63, 3.8) is 0 Å². The fourth-order valence-electron chi connectivity index (χ4n) is 3.02. The standard InChI is InChI=1S/C23H17ClN6O3S/c24-18-11-9-17(10-12-18)22-27-28-23(29(22)19-6-2-1-3-7-19)34-15-21(31)26-25-14-16-5-4-8-20(13-16)30(32)33/h1-14H,15H2,(H,26,31). The Kier molecular flexibility index (Phi) is 7.31. The molecule has 0 saturated carbocycles. The van der Waals surface area contributed by atoms with E-state index in [4.69, 9.17) is 11.6 Å². The van der Waals surface area contributed by atoms with Gasteiger partial charge in [0.25, 0.3) is 11.6 Å². The molecule has 0 atom stereocenters. The molecule has 9 nitrogen and oxygen atoms in total. The summed E-state index contributed by atoms with van der Waals surface area (Å²) in [5.41, 5.74) is 4.55. The highest BCUT2D eigenvalue weighted by Crippen LogP contribution is 2.28. The highest BCUT2D eigenvalue weighted by atomic mass is 35.5. The topological polar surface area (TPSA) is 115 Å². The smallest absolute Gasteiger partial charge is 0.270 e. The fraction of sp³-hybridized carbons (Fsp3) is 0.0435. The highest BCUT2D eigenvalue weighted by Gasteiger charge is 2.17. The van der Waals surface area contributed by atoms with Crippen LogP contribution < -0.4 is 5.43 Å². The van der Waals surface area contributed by atoms with Crippen molar-refractivity contribution in [2.24, 2.45) is 5.10 Å². The summed E-state index contributed by atoms with van der Waals surface area (Å²) >= 11 is 7.22. The third-order valence-electron chi connectivity index (χ3n) is 4.57. The van der Waals surface area contributed by atoms with Crippen molar-refractivity contribution in [2.75, 3.05) is 5.75 Å². The van der Waals surface area contributed by atoms with Crippen LogP contribution in [-0.2, 0) is 4.79 Å². The van der Waals surface area contributed by atoms with Crippen LogP contribution in [-0.4, -0.2) is 37.6 Å². The van der Waals surface area contributed by atoms with Crippen LogP contribution in [0.1, 0.15) is 5.56 Å². The Morgan fingerprint density at radius 3 is 2.59 bits per heavy atom. The second-order valence-electron chi connectivity index (χ2n) is 6.92. The van der Waals surface area contributed by atoms with E-state index in [1.807, 2.05) is 47.0 Å². The molecule has 0 unspecified atom stereocenters. The number of nitro benzene ring substituents is 1. The molecule has 1 heterocycles. The number of aromatic nitrogens is 3. The summed E-state index contributed by atoms with van der Waals surface area (Å²) < 4.78 is 1.87. The van der Waals surface area contributed by atoms with E-state index in [0.29, 0.717) is 21.6 Å². The summed E-state index contributed by atoms with van der Waals surface area (Å²) in [5, 5.41) is 24.5. The predicted octanol–water partition coefficient (Wildman–Crippen LogP) is 4.74. The van der Waals surface area contributed by atoms with Crippen LogP contribution in [0.5, 0.6) is 0 Å². The fourth-order valence-corrected chi connectivity index (χ4v) is 3.89. The molecule has 0 spiro atoms. The van der Waals surface area contributed by atoms with E-state index in [1.165, 1.54) is 30.1 Å². The molecule has 0 saturated heterocycles. The number of nitrogens with one attached hydrogen (secondary N) is 1. The lowest BCUT2D eigenvalue weighted by Gasteiger charge is -2.10. The maximum Gasteiger partial charge on any atom is 0.270 e. The molecule has 1 aromatic heterocycles. The van der Waals surface area contributed by atoms with Crippen molar-refractivity contribution >= 4 is 41.2 Å². The molecule has 4 aromatic rings. The first kappa shape index (κ1) is 23.1. The third kappa shape index (κ3) is 5.66. The Bertz CT molecular complexity index is 1340. The molecular weight excluding hydrogens is 476 g/mol. The van der Waals surface area contributed by atoms with Crippen LogP contribution >= 0.6 is 23.4 Å². The number of carbonyl (C=O) groups is 1. The van der Waals surface area contributed by atoms with Gasteiger partial charge < -0.3 is 0 Å². The number of rotatable bonds is 8. The molecule has 4 rings (SSSR count). The Balaban J connectivity index is 1.47. The predicted molar refractivity (Wildman–Crippen MR) is 131 cm³/mol. The first-order valence-corrected chi connectivity index (χ1v) is 11.3. The Labute approximate surface area is 203 Å². The number of thioether (sulfide) groups is 1. The molecule has 1 N–H and O–H groups in total. The van der Waals surface area contributed by atoms with Gasteiger partial charge in [0, 0.05) is 34.0 Å². The van der Waals surface area contributed by atoms with Gasteiger partial charge in [-0.1, -0.05) is 53.7 Å². The molecule has 0 aliphatic rings. The number of hydrazone groups is 1. The van der Waals surface area contributed by atoms with Crippen molar-refractivity contribution in [3.05, 3.63) is 99.6 Å². The second kappa shape index (κ2) is 10.7. The molecule has 0 radical (unpaired) electrons. The van der Waals surface area contributed by atoms with Gasteiger partial charge in [0.15, 0.2) is 11.0 Å². The molecule has 34 heavy (non-hydrogen) atoms. The van der Waals surface area contributed by atoms with Gasteiger partial charge in [-0.25, -0.2) is 5.43 Å². The van der Waals surface area contributed by atoms with Gasteiger partial charge in [0.2, 0.25) is 0 Å². The summed E-state index contributed by atoms with van der Waals surface area (Å²) in [6, 6.07) is 22.8. The van der Waals surface area contributed by atoms with Crippen LogP contribution in [0.3, 0.4) is 0 Å². The molecule has 0 bridgehead atoms. The van der Waals surface area contributed by atoms with Crippen molar-refractivity contribution in [1.82, 2.24) is 20.2 Å². The van der Waals surface area contributed by atoms with Gasteiger partial charge in [0.05, 0.1) is 16.9 Å². The average Bonchev–Trinajstić information content (AvgIpc) is 3.28. The number of amides is 1. The van der Waals surface area contributed by atoms with Gasteiger partial charge in [-0.05, 0) is 36.4 Å². The SMILES string of the molecule is O=C(CSc1nnc(-c2ccc(Cl)cc2)n1-c1ccccc1)NN=Cc1cccc([N+](=O)[O-])c1. The van der Waals surface area contributed by atoms with Crippen LogP contribution in [0.25, 0.3) is 17.1 Å². The molecular formula is C23H17ClN6O3S. The lowest BCUT2D eigenvalue weighted by molar-refractivity contribution is -0.384. The Hall–Kier alpha value is -4.02. The largest absolute Gasteiger partial charge is 0.272 e. The normalized spacial score (nSPS) is 11.0. The average molecular weight is 493 g/mol. The molecule has 11 heteroatoms. The molecule has 0 fully saturated rings. The minimum absolute atomic E-state index is 0.0395. The van der Waals surface area contributed by atoms with E-state index in [1.54, 1.807) is 24.3 Å². The number of benzene rings is 3. The molecule has 170 valence electrons. The molecule has 1 amide bonds. The van der Waals surface area contributed by atoms with E-state index >= 15 is 0 Å². The number of halogens is 1. The maximum absolute atomic E-state index is 12.3. The second-order valence-corrected chi connectivity index (χ2v) is 8.30. The summed E-state index contributed by atoms with van der Waals surface area (Å²) in [7, 11) is 0. The van der Waals surface area contributed by atoms with E-state index in [0.717, 1.165) is 11.3 Å². The lowest BCUT2D eigenvalue weighted by Crippen LogP contribution is -2.20.